The van der Waals surface area contributed by atoms with Gasteiger partial charge in [-0.1, -0.05) is 133 Å². The van der Waals surface area contributed by atoms with Gasteiger partial charge in [0.2, 0.25) is 5.95 Å². The molecular formula is C45H28N4O. The SMILES string of the molecule is c1ccc(-c2nc(-c3ccccc3)nc(-n3c4ccccc4c4cc(-c5ccc(-c6ccc7oc8ccccc8c7c6)cc5)ccc43)n2)cc1. The predicted octanol–water partition coefficient (Wildman–Crippen LogP) is 11.5. The normalized spacial score (nSPS) is 11.6. The molecule has 3 aromatic heterocycles. The molecule has 10 rings (SSSR count). The van der Waals surface area contributed by atoms with E-state index in [2.05, 4.69) is 102 Å². The molecule has 0 bridgehead atoms. The van der Waals surface area contributed by atoms with E-state index in [9.17, 15) is 0 Å². The highest BCUT2D eigenvalue weighted by Crippen LogP contribution is 2.37. The van der Waals surface area contributed by atoms with Crippen LogP contribution in [-0.4, -0.2) is 19.5 Å². The Morgan fingerprint density at radius 2 is 0.840 bits per heavy atom. The summed E-state index contributed by atoms with van der Waals surface area (Å²) >= 11 is 0. The number of aromatic nitrogens is 4. The van der Waals surface area contributed by atoms with Crippen LogP contribution in [-0.2, 0) is 0 Å². The summed E-state index contributed by atoms with van der Waals surface area (Å²) in [6.45, 7) is 0. The fourth-order valence-corrected chi connectivity index (χ4v) is 7.03. The molecule has 0 amide bonds. The van der Waals surface area contributed by atoms with E-state index < -0.39 is 0 Å². The summed E-state index contributed by atoms with van der Waals surface area (Å²) in [5.74, 6) is 1.86. The van der Waals surface area contributed by atoms with Crippen LogP contribution in [0.5, 0.6) is 0 Å². The maximum atomic E-state index is 6.06. The first kappa shape index (κ1) is 28.2. The van der Waals surface area contributed by atoms with E-state index in [1.54, 1.807) is 0 Å². The van der Waals surface area contributed by atoms with Crippen molar-refractivity contribution in [2.24, 2.45) is 0 Å². The van der Waals surface area contributed by atoms with Crippen LogP contribution in [0.4, 0.5) is 0 Å². The van der Waals surface area contributed by atoms with Crippen LogP contribution in [0.3, 0.4) is 0 Å². The van der Waals surface area contributed by atoms with Crippen molar-refractivity contribution in [3.8, 4) is 51.0 Å². The van der Waals surface area contributed by atoms with Crippen LogP contribution in [0, 0.1) is 0 Å². The van der Waals surface area contributed by atoms with Crippen molar-refractivity contribution < 1.29 is 4.42 Å². The second kappa shape index (κ2) is 11.4. The van der Waals surface area contributed by atoms with Gasteiger partial charge in [-0.25, -0.2) is 4.98 Å². The Morgan fingerprint density at radius 3 is 1.52 bits per heavy atom. The first-order valence-electron chi connectivity index (χ1n) is 16.7. The van der Waals surface area contributed by atoms with Crippen LogP contribution in [0.1, 0.15) is 0 Å². The lowest BCUT2D eigenvalue weighted by atomic mass is 9.98. The highest BCUT2D eigenvalue weighted by atomic mass is 16.3. The summed E-state index contributed by atoms with van der Waals surface area (Å²) in [5.41, 5.74) is 10.4. The van der Waals surface area contributed by atoms with E-state index >= 15 is 0 Å². The lowest BCUT2D eigenvalue weighted by Gasteiger charge is -2.11. The first-order chi connectivity index (χ1) is 24.8. The zero-order valence-electron chi connectivity index (χ0n) is 26.9. The van der Waals surface area contributed by atoms with E-state index in [-0.39, 0.29) is 0 Å². The van der Waals surface area contributed by atoms with Gasteiger partial charge in [0, 0.05) is 32.7 Å². The van der Waals surface area contributed by atoms with Crippen molar-refractivity contribution in [1.82, 2.24) is 19.5 Å². The van der Waals surface area contributed by atoms with Gasteiger partial charge in [-0.05, 0) is 58.7 Å². The number of para-hydroxylation sites is 2. The van der Waals surface area contributed by atoms with E-state index in [0.29, 0.717) is 17.6 Å². The number of hydrogen-bond acceptors (Lipinski definition) is 4. The Morgan fingerprint density at radius 1 is 0.340 bits per heavy atom. The minimum atomic E-state index is 0.586. The van der Waals surface area contributed by atoms with Gasteiger partial charge in [-0.15, -0.1) is 0 Å². The monoisotopic (exact) mass is 640 g/mol. The molecule has 0 saturated heterocycles. The van der Waals surface area contributed by atoms with E-state index in [1.165, 1.54) is 0 Å². The summed E-state index contributed by atoms with van der Waals surface area (Å²) in [6, 6.07) is 58.8. The van der Waals surface area contributed by atoms with Gasteiger partial charge in [0.1, 0.15) is 11.2 Å². The third-order valence-corrected chi connectivity index (χ3v) is 9.49. The molecule has 0 aliphatic rings. The van der Waals surface area contributed by atoms with Crippen molar-refractivity contribution in [1.29, 1.82) is 0 Å². The minimum absolute atomic E-state index is 0.586. The Bertz CT molecular complexity index is 2800. The van der Waals surface area contributed by atoms with Crippen molar-refractivity contribution in [2.75, 3.05) is 0 Å². The molecule has 234 valence electrons. The number of fused-ring (bicyclic) bond motifs is 6. The highest BCUT2D eigenvalue weighted by molar-refractivity contribution is 6.10. The molecule has 0 fully saturated rings. The second-order valence-corrected chi connectivity index (χ2v) is 12.5. The Kier molecular flexibility index (Phi) is 6.42. The van der Waals surface area contributed by atoms with Gasteiger partial charge in [0.25, 0.3) is 0 Å². The molecule has 0 N–H and O–H groups in total. The zero-order chi connectivity index (χ0) is 33.0. The highest BCUT2D eigenvalue weighted by Gasteiger charge is 2.18. The summed E-state index contributed by atoms with van der Waals surface area (Å²) in [5, 5.41) is 4.55. The smallest absolute Gasteiger partial charge is 0.238 e. The number of benzene rings is 7. The Hall–Kier alpha value is -6.85. The number of furan rings is 1. The fraction of sp³-hybridized carbons (Fsp3) is 0. The second-order valence-electron chi connectivity index (χ2n) is 12.5. The lowest BCUT2D eigenvalue weighted by Crippen LogP contribution is -2.06. The van der Waals surface area contributed by atoms with Crippen LogP contribution < -0.4 is 0 Å². The van der Waals surface area contributed by atoms with Gasteiger partial charge < -0.3 is 4.42 Å². The summed E-state index contributed by atoms with van der Waals surface area (Å²) in [4.78, 5) is 15.0. The molecule has 0 unspecified atom stereocenters. The van der Waals surface area contributed by atoms with Gasteiger partial charge in [0.15, 0.2) is 11.6 Å². The molecule has 50 heavy (non-hydrogen) atoms. The van der Waals surface area contributed by atoms with Crippen molar-refractivity contribution in [3.05, 3.63) is 170 Å². The maximum Gasteiger partial charge on any atom is 0.238 e. The van der Waals surface area contributed by atoms with Crippen molar-refractivity contribution in [2.45, 2.75) is 0 Å². The van der Waals surface area contributed by atoms with Crippen LogP contribution in [0.15, 0.2) is 174 Å². The number of rotatable bonds is 5. The molecule has 3 heterocycles. The molecule has 0 atom stereocenters. The average molecular weight is 641 g/mol. The molecule has 0 saturated carbocycles. The van der Waals surface area contributed by atoms with Crippen molar-refractivity contribution in [3.63, 3.8) is 0 Å². The molecule has 0 aliphatic heterocycles. The first-order valence-corrected chi connectivity index (χ1v) is 16.7. The zero-order valence-corrected chi connectivity index (χ0v) is 26.9. The number of nitrogens with zero attached hydrogens (tertiary/aromatic N) is 4. The topological polar surface area (TPSA) is 56.7 Å². The quantitative estimate of drug-likeness (QED) is 0.188. The summed E-state index contributed by atoms with van der Waals surface area (Å²) in [6.07, 6.45) is 0. The molecule has 0 spiro atoms. The van der Waals surface area contributed by atoms with Gasteiger partial charge in [-0.3, -0.25) is 4.57 Å². The van der Waals surface area contributed by atoms with Crippen LogP contribution in [0.2, 0.25) is 0 Å². The minimum Gasteiger partial charge on any atom is -0.456 e. The molecule has 7 aromatic carbocycles. The molecular weight excluding hydrogens is 613 g/mol. The third-order valence-electron chi connectivity index (χ3n) is 9.49. The van der Waals surface area contributed by atoms with E-state index in [1.807, 2.05) is 72.8 Å². The average Bonchev–Trinajstić information content (AvgIpc) is 3.73. The summed E-state index contributed by atoms with van der Waals surface area (Å²) in [7, 11) is 0. The van der Waals surface area contributed by atoms with Crippen molar-refractivity contribution >= 4 is 43.7 Å². The lowest BCUT2D eigenvalue weighted by molar-refractivity contribution is 0.669. The van der Waals surface area contributed by atoms with Gasteiger partial charge in [-0.2, -0.15) is 9.97 Å². The fourth-order valence-electron chi connectivity index (χ4n) is 7.03. The molecule has 5 heteroatoms. The maximum absolute atomic E-state index is 6.06. The third kappa shape index (κ3) is 4.67. The van der Waals surface area contributed by atoms with E-state index in [0.717, 1.165) is 77.1 Å². The molecule has 0 radical (unpaired) electrons. The molecule has 0 aliphatic carbocycles. The number of hydrogen-bond donors (Lipinski definition) is 0. The largest absolute Gasteiger partial charge is 0.456 e. The summed E-state index contributed by atoms with van der Waals surface area (Å²) < 4.78 is 8.22. The van der Waals surface area contributed by atoms with Gasteiger partial charge >= 0.3 is 0 Å². The van der Waals surface area contributed by atoms with E-state index in [4.69, 9.17) is 19.4 Å². The van der Waals surface area contributed by atoms with Crippen LogP contribution >= 0.6 is 0 Å². The predicted molar refractivity (Wildman–Crippen MR) is 203 cm³/mol. The Labute approximate surface area is 287 Å². The standard InChI is InChI=1S/C45H28N4O/c1-3-11-31(12-4-1)43-46-44(32-13-5-2-6-14-32)48-45(47-43)49-39-17-9-7-15-35(39)37-27-33(23-25-40(37)49)29-19-21-30(22-20-29)34-24-26-42-38(28-34)36-16-8-10-18-41(36)50-42/h1-28H. The van der Waals surface area contributed by atoms with Crippen LogP contribution in [0.25, 0.3) is 94.7 Å². The molecule has 10 aromatic rings. The Balaban J connectivity index is 1.08. The molecule has 5 nitrogen and oxygen atoms in total. The van der Waals surface area contributed by atoms with Gasteiger partial charge in [0.05, 0.1) is 11.0 Å².